The van der Waals surface area contributed by atoms with E-state index >= 15 is 0 Å². The summed E-state index contributed by atoms with van der Waals surface area (Å²) < 4.78 is 18.2. The van der Waals surface area contributed by atoms with Crippen LogP contribution in [0.25, 0.3) is 43.9 Å². The third-order valence-corrected chi connectivity index (χ3v) is 10.5. The van der Waals surface area contributed by atoms with Crippen molar-refractivity contribution < 1.29 is 4.21 Å². The largest absolute Gasteiger partial charge is 0.393 e. The highest BCUT2D eigenvalue weighted by Crippen LogP contribution is 2.46. The average Bonchev–Trinajstić information content (AvgIpc) is 3.26. The first kappa shape index (κ1) is 20.3. The van der Waals surface area contributed by atoms with Gasteiger partial charge in [-0.25, -0.2) is 15.0 Å². The number of hydrogen-bond donors (Lipinski definition) is 1. The maximum atomic E-state index is 13.3. The molecule has 1 atom stereocenters. The second kappa shape index (κ2) is 7.44. The van der Waals surface area contributed by atoms with Gasteiger partial charge in [0.25, 0.3) is 0 Å². The molecule has 0 amide bonds. The lowest BCUT2D eigenvalue weighted by Crippen LogP contribution is -2.22. The molecule has 34 heavy (non-hydrogen) atoms. The molecule has 0 radical (unpaired) electrons. The first-order valence-electron chi connectivity index (χ1n) is 11.6. The van der Waals surface area contributed by atoms with Gasteiger partial charge in [0.2, 0.25) is 4.21 Å². The van der Waals surface area contributed by atoms with Crippen molar-refractivity contribution in [3.8, 4) is 22.5 Å². The van der Waals surface area contributed by atoms with Gasteiger partial charge in [-0.1, -0.05) is 11.3 Å². The summed E-state index contributed by atoms with van der Waals surface area (Å²) in [5.74, 6) is 0. The Kier molecular flexibility index (Phi) is 4.44. The summed E-state index contributed by atoms with van der Waals surface area (Å²) in [7, 11) is 0.435. The standard InChI is InChI=1S/C24H23N7OS2/c1-30-12-27-22-19(30)9-13(11-26-22)17-10-16(18-7-8-28-31(18)14-5-6-14)20-21(25)24(33-23(20)29-17)34(32)15-3-2-4-15/h7-12,14-15H,2-6,25H2,1H3/p+1. The molecule has 0 aliphatic heterocycles. The summed E-state index contributed by atoms with van der Waals surface area (Å²) in [6.45, 7) is 0. The van der Waals surface area contributed by atoms with Gasteiger partial charge >= 0.3 is 0 Å². The molecular weight excluding hydrogens is 466 g/mol. The summed E-state index contributed by atoms with van der Waals surface area (Å²) in [6.07, 6.45) is 10.9. The average molecular weight is 491 g/mol. The zero-order valence-electron chi connectivity index (χ0n) is 18.7. The molecule has 0 saturated heterocycles. The van der Waals surface area contributed by atoms with Crippen molar-refractivity contribution in [2.24, 2.45) is 7.05 Å². The minimum atomic E-state index is -1.52. The Bertz CT molecular complexity index is 1610. The quantitative estimate of drug-likeness (QED) is 0.284. The van der Waals surface area contributed by atoms with Crippen LogP contribution in [0.2, 0.25) is 0 Å². The highest BCUT2D eigenvalue weighted by Gasteiger charge is 2.35. The van der Waals surface area contributed by atoms with Crippen LogP contribution >= 0.6 is 11.3 Å². The number of fused-ring (bicyclic) bond motifs is 2. The Balaban J connectivity index is 1.47. The van der Waals surface area contributed by atoms with Gasteiger partial charge in [0.1, 0.15) is 26.6 Å². The smallest absolute Gasteiger partial charge is 0.235 e. The third-order valence-electron chi connectivity index (χ3n) is 7.00. The molecule has 2 aliphatic carbocycles. The number of hydrogen-bond acceptors (Lipinski definition) is 7. The Hall–Kier alpha value is -3.11. The minimum Gasteiger partial charge on any atom is -0.393 e. The Labute approximate surface area is 202 Å². The van der Waals surface area contributed by atoms with Crippen LogP contribution in [0.15, 0.2) is 41.1 Å². The van der Waals surface area contributed by atoms with E-state index in [9.17, 15) is 4.21 Å². The number of pyridine rings is 2. The lowest BCUT2D eigenvalue weighted by molar-refractivity contribution is 0.494. The van der Waals surface area contributed by atoms with Crippen molar-refractivity contribution in [1.82, 2.24) is 29.3 Å². The van der Waals surface area contributed by atoms with E-state index in [0.29, 0.717) is 17.4 Å². The van der Waals surface area contributed by atoms with Gasteiger partial charge in [-0.05, 0) is 50.3 Å². The van der Waals surface area contributed by atoms with Gasteiger partial charge < -0.3 is 10.3 Å². The van der Waals surface area contributed by atoms with Crippen molar-refractivity contribution in [3.05, 3.63) is 36.9 Å². The number of nitrogens with zero attached hydrogens (tertiary/aromatic N) is 6. The van der Waals surface area contributed by atoms with E-state index in [-0.39, 0.29) is 5.25 Å². The molecule has 7 rings (SSSR count). The highest BCUT2D eigenvalue weighted by molar-refractivity contribution is 7.88. The van der Waals surface area contributed by atoms with Crippen LogP contribution in [0.5, 0.6) is 0 Å². The SMILES string of the molecule is Cn1cnc2ncc(-c3cc(-c4ccnn4C4CC4)c4c(N)c([SH+](=O)C5CCC5)sc4n3)cc21. The Morgan fingerprint density at radius 3 is 2.79 bits per heavy atom. The first-order valence-corrected chi connectivity index (χ1v) is 13.7. The van der Waals surface area contributed by atoms with E-state index in [1.807, 2.05) is 30.1 Å². The lowest BCUT2D eigenvalue weighted by Gasteiger charge is -2.18. The maximum Gasteiger partial charge on any atom is 0.235 e. The number of aromatic nitrogens is 6. The first-order chi connectivity index (χ1) is 16.6. The molecule has 0 spiro atoms. The number of anilines is 1. The minimum absolute atomic E-state index is 0.238. The molecule has 8 nitrogen and oxygen atoms in total. The van der Waals surface area contributed by atoms with Crippen molar-refractivity contribution in [2.75, 3.05) is 5.73 Å². The second-order valence-corrected chi connectivity index (χ2v) is 12.4. The Morgan fingerprint density at radius 1 is 1.18 bits per heavy atom. The van der Waals surface area contributed by atoms with Crippen molar-refractivity contribution in [1.29, 1.82) is 0 Å². The molecule has 10 heteroatoms. The molecular formula is C24H24N7OS2+. The van der Waals surface area contributed by atoms with Crippen LogP contribution in [0, 0.1) is 0 Å². The monoisotopic (exact) mass is 490 g/mol. The van der Waals surface area contributed by atoms with Crippen molar-refractivity contribution in [2.45, 2.75) is 47.6 Å². The predicted octanol–water partition coefficient (Wildman–Crippen LogP) is 4.63. The number of nitrogens with two attached hydrogens (primary N) is 1. The summed E-state index contributed by atoms with van der Waals surface area (Å²) in [4.78, 5) is 14.7. The summed E-state index contributed by atoms with van der Waals surface area (Å²) in [5, 5.41) is 5.74. The van der Waals surface area contributed by atoms with Gasteiger partial charge in [0.05, 0.1) is 29.3 Å². The fourth-order valence-electron chi connectivity index (χ4n) is 4.70. The van der Waals surface area contributed by atoms with Gasteiger partial charge in [0, 0.05) is 36.0 Å². The summed E-state index contributed by atoms with van der Waals surface area (Å²) in [5.41, 5.74) is 12.7. The van der Waals surface area contributed by atoms with Crippen LogP contribution < -0.4 is 5.73 Å². The highest BCUT2D eigenvalue weighted by atomic mass is 32.2. The molecule has 1 unspecified atom stereocenters. The number of thiophene rings is 1. The van der Waals surface area contributed by atoms with Crippen LogP contribution in [-0.2, 0) is 22.1 Å². The number of thiol groups is 1. The van der Waals surface area contributed by atoms with E-state index in [0.717, 1.165) is 74.6 Å². The lowest BCUT2D eigenvalue weighted by atomic mass is 10.0. The molecule has 0 aromatic carbocycles. The van der Waals surface area contributed by atoms with Crippen LogP contribution in [-0.4, -0.2) is 34.5 Å². The number of rotatable bonds is 5. The van der Waals surface area contributed by atoms with E-state index < -0.39 is 10.8 Å². The predicted molar refractivity (Wildman–Crippen MR) is 136 cm³/mol. The van der Waals surface area contributed by atoms with Gasteiger partial charge in [-0.2, -0.15) is 5.10 Å². The summed E-state index contributed by atoms with van der Waals surface area (Å²) in [6, 6.07) is 6.62. The van der Waals surface area contributed by atoms with Crippen LogP contribution in [0.1, 0.15) is 38.1 Å². The molecule has 2 aliphatic rings. The number of nitrogen functional groups attached to an aromatic ring is 1. The van der Waals surface area contributed by atoms with E-state index in [1.165, 1.54) is 11.3 Å². The molecule has 5 aromatic rings. The molecule has 2 saturated carbocycles. The summed E-state index contributed by atoms with van der Waals surface area (Å²) >= 11 is 1.48. The maximum absolute atomic E-state index is 13.3. The number of imidazole rings is 1. The molecule has 5 aromatic heterocycles. The fraction of sp³-hybridized carbons (Fsp3) is 0.333. The molecule has 2 fully saturated rings. The third kappa shape index (κ3) is 3.05. The normalized spacial score (nSPS) is 17.4. The van der Waals surface area contributed by atoms with E-state index in [1.54, 1.807) is 6.33 Å². The van der Waals surface area contributed by atoms with Gasteiger partial charge in [-0.3, -0.25) is 4.68 Å². The van der Waals surface area contributed by atoms with Gasteiger partial charge in [-0.15, -0.1) is 4.21 Å². The van der Waals surface area contributed by atoms with E-state index in [2.05, 4.69) is 31.9 Å². The molecule has 5 heterocycles. The number of aryl methyl sites for hydroxylation is 1. The molecule has 0 bridgehead atoms. The fourth-order valence-corrected chi connectivity index (χ4v) is 8.14. The molecule has 2 N–H and O–H groups in total. The van der Waals surface area contributed by atoms with Crippen molar-refractivity contribution >= 4 is 49.2 Å². The van der Waals surface area contributed by atoms with Crippen LogP contribution in [0.4, 0.5) is 5.69 Å². The van der Waals surface area contributed by atoms with Gasteiger partial charge in [0.15, 0.2) is 5.65 Å². The zero-order chi connectivity index (χ0) is 23.0. The topological polar surface area (TPSA) is 105 Å². The van der Waals surface area contributed by atoms with E-state index in [4.69, 9.17) is 10.7 Å². The zero-order valence-corrected chi connectivity index (χ0v) is 20.4. The second-order valence-electron chi connectivity index (χ2n) is 9.28. The van der Waals surface area contributed by atoms with Crippen molar-refractivity contribution in [3.63, 3.8) is 0 Å². The van der Waals surface area contributed by atoms with Crippen LogP contribution in [0.3, 0.4) is 0 Å². The molecule has 172 valence electrons. The Morgan fingerprint density at radius 2 is 2.03 bits per heavy atom.